The van der Waals surface area contributed by atoms with Crippen LogP contribution in [0.4, 0.5) is 0 Å². The van der Waals surface area contributed by atoms with E-state index in [4.69, 9.17) is 44.3 Å². The van der Waals surface area contributed by atoms with Gasteiger partial charge in [-0.1, -0.05) is 59.1 Å². The molecule has 0 amide bonds. The normalized spacial score (nSPS) is 11.0. The maximum Gasteiger partial charge on any atom is 0.175 e. The summed E-state index contributed by atoms with van der Waals surface area (Å²) in [4.78, 5) is 0. The van der Waals surface area contributed by atoms with Crippen LogP contribution in [0.1, 0.15) is 16.7 Å². The van der Waals surface area contributed by atoms with Gasteiger partial charge in [-0.2, -0.15) is 5.10 Å². The Balaban J connectivity index is 1.68. The van der Waals surface area contributed by atoms with Gasteiger partial charge in [0.25, 0.3) is 0 Å². The lowest BCUT2D eigenvalue weighted by Gasteiger charge is -2.14. The summed E-state index contributed by atoms with van der Waals surface area (Å²) < 4.78 is 12.2. The minimum Gasteiger partial charge on any atom is -0.493 e. The van der Waals surface area contributed by atoms with E-state index in [1.807, 2.05) is 42.5 Å². The number of hydrogen-bond acceptors (Lipinski definition) is 4. The van der Waals surface area contributed by atoms with Crippen molar-refractivity contribution in [2.45, 2.75) is 13.2 Å². The highest BCUT2D eigenvalue weighted by molar-refractivity contribution is 9.10. The van der Waals surface area contributed by atoms with Gasteiger partial charge >= 0.3 is 0 Å². The molecule has 0 radical (unpaired) electrons. The molecule has 0 saturated heterocycles. The van der Waals surface area contributed by atoms with Crippen molar-refractivity contribution in [3.05, 3.63) is 90.8 Å². The number of hydrogen-bond donors (Lipinski definition) is 1. The average molecular weight is 529 g/mol. The molecule has 0 fully saturated rings. The Morgan fingerprint density at radius 2 is 1.80 bits per heavy atom. The van der Waals surface area contributed by atoms with E-state index >= 15 is 0 Å². The third-order valence-corrected chi connectivity index (χ3v) is 5.72. The van der Waals surface area contributed by atoms with Gasteiger partial charge in [0.1, 0.15) is 6.61 Å². The summed E-state index contributed by atoms with van der Waals surface area (Å²) in [7, 11) is 1.58. The number of nitrogens with zero attached hydrogens (tertiary/aromatic N) is 1. The molecule has 0 aromatic heterocycles. The first kappa shape index (κ1) is 22.8. The average Bonchev–Trinajstić information content (AvgIpc) is 2.72. The number of hydrazone groups is 1. The van der Waals surface area contributed by atoms with Crippen LogP contribution in [0.15, 0.2) is 64.2 Å². The van der Waals surface area contributed by atoms with Crippen LogP contribution in [0.3, 0.4) is 0 Å². The van der Waals surface area contributed by atoms with Crippen LogP contribution >= 0.6 is 50.7 Å². The van der Waals surface area contributed by atoms with Gasteiger partial charge in [-0.05, 0) is 57.4 Å². The molecule has 0 aliphatic carbocycles. The molecular weight excluding hydrogens is 511 g/mol. The number of rotatable bonds is 8. The summed E-state index contributed by atoms with van der Waals surface area (Å²) >= 11 is 21.8. The monoisotopic (exact) mass is 526 g/mol. The van der Waals surface area contributed by atoms with Gasteiger partial charge in [-0.25, -0.2) is 0 Å². The second kappa shape index (κ2) is 10.9. The zero-order valence-corrected chi connectivity index (χ0v) is 19.8. The molecule has 0 spiro atoms. The zero-order chi connectivity index (χ0) is 21.5. The van der Waals surface area contributed by atoms with Crippen LogP contribution in [0.5, 0.6) is 11.5 Å². The van der Waals surface area contributed by atoms with Gasteiger partial charge in [0.15, 0.2) is 11.5 Å². The molecule has 8 heteroatoms. The highest BCUT2D eigenvalue weighted by Gasteiger charge is 2.12. The summed E-state index contributed by atoms with van der Waals surface area (Å²) in [5.41, 5.74) is 5.62. The molecule has 0 unspecified atom stereocenters. The zero-order valence-electron chi connectivity index (χ0n) is 16.0. The lowest BCUT2D eigenvalue weighted by Crippen LogP contribution is -2.06. The van der Waals surface area contributed by atoms with Gasteiger partial charge < -0.3 is 14.9 Å². The largest absolute Gasteiger partial charge is 0.493 e. The maximum atomic E-state index is 6.22. The number of nitrogens with one attached hydrogen (secondary N) is 1. The van der Waals surface area contributed by atoms with E-state index in [2.05, 4.69) is 26.5 Å². The minimum atomic E-state index is 0.276. The Hall–Kier alpha value is -1.92. The predicted octanol–water partition coefficient (Wildman–Crippen LogP) is 7.12. The van der Waals surface area contributed by atoms with Gasteiger partial charge in [-0.3, -0.25) is 0 Å². The van der Waals surface area contributed by atoms with E-state index in [-0.39, 0.29) is 6.61 Å². The minimum absolute atomic E-state index is 0.276. The van der Waals surface area contributed by atoms with Crippen molar-refractivity contribution in [3.63, 3.8) is 0 Å². The quantitative estimate of drug-likeness (QED) is 0.250. The van der Waals surface area contributed by atoms with Crippen molar-refractivity contribution in [1.29, 1.82) is 0 Å². The maximum absolute atomic E-state index is 6.22. The number of halogens is 4. The van der Waals surface area contributed by atoms with Crippen LogP contribution in [0.25, 0.3) is 0 Å². The molecule has 0 aliphatic rings. The fraction of sp³-hybridized carbons (Fsp3) is 0.136. The van der Waals surface area contributed by atoms with Crippen molar-refractivity contribution in [2.24, 2.45) is 5.10 Å². The summed E-state index contributed by atoms with van der Waals surface area (Å²) in [6, 6.07) is 16.6. The first-order valence-corrected chi connectivity index (χ1v) is 10.8. The predicted molar refractivity (Wildman–Crippen MR) is 127 cm³/mol. The molecule has 3 rings (SSSR count). The Kier molecular flexibility index (Phi) is 8.28. The van der Waals surface area contributed by atoms with Crippen molar-refractivity contribution >= 4 is 56.9 Å². The Morgan fingerprint density at radius 3 is 2.53 bits per heavy atom. The van der Waals surface area contributed by atoms with E-state index in [9.17, 15) is 0 Å². The molecule has 30 heavy (non-hydrogen) atoms. The molecule has 156 valence electrons. The fourth-order valence-corrected chi connectivity index (χ4v) is 3.88. The van der Waals surface area contributed by atoms with Gasteiger partial charge in [0.05, 0.1) is 24.3 Å². The fourth-order valence-electron chi connectivity index (χ4n) is 2.64. The van der Waals surface area contributed by atoms with E-state index in [0.29, 0.717) is 33.1 Å². The topological polar surface area (TPSA) is 42.8 Å². The molecular formula is C22H18BrCl3N2O2. The van der Waals surface area contributed by atoms with Crippen LogP contribution in [0, 0.1) is 0 Å². The van der Waals surface area contributed by atoms with Crippen molar-refractivity contribution in [2.75, 3.05) is 7.11 Å². The molecule has 0 heterocycles. The lowest BCUT2D eigenvalue weighted by molar-refractivity contribution is 0.282. The standard InChI is InChI=1S/C22H18BrCl3N2O2/c1-29-21-9-14(11-27-28-12-15-4-2-3-5-19(15)25)8-18(23)22(21)30-13-16-6-7-17(24)10-20(16)26/h2-11,28H,12-13H2,1H3/b27-11-. The van der Waals surface area contributed by atoms with E-state index in [1.54, 1.807) is 25.5 Å². The third-order valence-electron chi connectivity index (χ3n) is 4.17. The summed E-state index contributed by atoms with van der Waals surface area (Å²) in [5, 5.41) is 6.08. The van der Waals surface area contributed by atoms with Crippen molar-refractivity contribution < 1.29 is 9.47 Å². The lowest BCUT2D eigenvalue weighted by atomic mass is 10.2. The Bertz CT molecular complexity index is 1060. The molecule has 0 atom stereocenters. The second-order valence-electron chi connectivity index (χ2n) is 6.24. The third kappa shape index (κ3) is 6.05. The molecule has 3 aromatic rings. The molecule has 0 bridgehead atoms. The molecule has 1 N–H and O–H groups in total. The van der Waals surface area contributed by atoms with Crippen LogP contribution < -0.4 is 14.9 Å². The highest BCUT2D eigenvalue weighted by Crippen LogP contribution is 2.37. The number of benzene rings is 3. The van der Waals surface area contributed by atoms with Crippen LogP contribution in [-0.4, -0.2) is 13.3 Å². The SMILES string of the molecule is COc1cc(/C=N\NCc2ccccc2Cl)cc(Br)c1OCc1ccc(Cl)cc1Cl. The highest BCUT2D eigenvalue weighted by atomic mass is 79.9. The smallest absolute Gasteiger partial charge is 0.175 e. The van der Waals surface area contributed by atoms with Gasteiger partial charge in [0.2, 0.25) is 0 Å². The van der Waals surface area contributed by atoms with Gasteiger partial charge in [0, 0.05) is 20.6 Å². The van der Waals surface area contributed by atoms with Crippen molar-refractivity contribution in [1.82, 2.24) is 5.43 Å². The van der Waals surface area contributed by atoms with E-state index in [1.165, 1.54) is 0 Å². The van der Waals surface area contributed by atoms with E-state index < -0.39 is 0 Å². The van der Waals surface area contributed by atoms with Crippen molar-refractivity contribution in [3.8, 4) is 11.5 Å². The van der Waals surface area contributed by atoms with E-state index in [0.717, 1.165) is 21.2 Å². The summed E-state index contributed by atoms with van der Waals surface area (Å²) in [6.07, 6.45) is 1.70. The van der Waals surface area contributed by atoms with Crippen LogP contribution in [0.2, 0.25) is 15.1 Å². The van der Waals surface area contributed by atoms with Gasteiger partial charge in [-0.15, -0.1) is 0 Å². The Morgan fingerprint density at radius 1 is 1.00 bits per heavy atom. The summed E-state index contributed by atoms with van der Waals surface area (Å²) in [5.74, 6) is 1.15. The first-order chi connectivity index (χ1) is 14.5. The molecule has 3 aromatic carbocycles. The first-order valence-electron chi connectivity index (χ1n) is 8.91. The Labute approximate surface area is 198 Å². The summed E-state index contributed by atoms with van der Waals surface area (Å²) in [6.45, 7) is 0.801. The number of ether oxygens (including phenoxy) is 2. The molecule has 4 nitrogen and oxygen atoms in total. The number of methoxy groups -OCH3 is 1. The second-order valence-corrected chi connectivity index (χ2v) is 8.35. The van der Waals surface area contributed by atoms with Crippen LogP contribution in [-0.2, 0) is 13.2 Å². The molecule has 0 aliphatic heterocycles. The molecule has 0 saturated carbocycles.